The number of piperidine rings is 1. The van der Waals surface area contributed by atoms with E-state index in [1.807, 2.05) is 13.8 Å². The maximum Gasteiger partial charge on any atom is 0.416 e. The van der Waals surface area contributed by atoms with Crippen LogP contribution >= 0.6 is 24.0 Å². The van der Waals surface area contributed by atoms with Crippen molar-refractivity contribution in [3.05, 3.63) is 35.4 Å². The van der Waals surface area contributed by atoms with Crippen molar-refractivity contribution in [2.75, 3.05) is 33.3 Å². The average Bonchev–Trinajstić information content (AvgIpc) is 2.73. The van der Waals surface area contributed by atoms with E-state index in [4.69, 9.17) is 4.74 Å². The van der Waals surface area contributed by atoms with Gasteiger partial charge in [0.2, 0.25) is 0 Å². The third-order valence-corrected chi connectivity index (χ3v) is 5.23. The number of halogens is 4. The number of amides is 1. The fourth-order valence-corrected chi connectivity index (χ4v) is 3.41. The quantitative estimate of drug-likeness (QED) is 0.306. The number of nitrogens with one attached hydrogen (secondary N) is 2. The van der Waals surface area contributed by atoms with E-state index in [9.17, 15) is 18.0 Å². The fourth-order valence-electron chi connectivity index (χ4n) is 3.41. The summed E-state index contributed by atoms with van der Waals surface area (Å²) in [4.78, 5) is 17.8. The van der Waals surface area contributed by atoms with E-state index in [0.717, 1.165) is 18.9 Å². The van der Waals surface area contributed by atoms with Crippen LogP contribution in [0.25, 0.3) is 0 Å². The van der Waals surface area contributed by atoms with E-state index in [1.54, 1.807) is 11.0 Å². The topological polar surface area (TPSA) is 66.0 Å². The van der Waals surface area contributed by atoms with Crippen molar-refractivity contribution < 1.29 is 22.7 Å². The Balaban J connectivity index is 0.00000480. The lowest BCUT2D eigenvalue weighted by Crippen LogP contribution is -2.49. The Morgan fingerprint density at radius 2 is 2.00 bits per heavy atom. The Bertz CT molecular complexity index is 723. The Morgan fingerprint density at radius 1 is 1.32 bits per heavy atom. The lowest BCUT2D eigenvalue weighted by Gasteiger charge is -2.32. The standard InChI is InChI=1S/C21H31F3N4O2.HI/c1-4-25-19(27-18-9-12-28(13-10-18)20(29)30-3)26-11-8-15(2)16-6-5-7-17(14-16)21(22,23)24;/h5-7,14-15,18H,4,8-13H2,1-3H3,(H2,25,26,27);1H. The Kier molecular flexibility index (Phi) is 11.4. The first kappa shape index (κ1) is 27.3. The molecular weight excluding hydrogens is 524 g/mol. The summed E-state index contributed by atoms with van der Waals surface area (Å²) in [7, 11) is 1.38. The molecule has 2 rings (SSSR count). The minimum Gasteiger partial charge on any atom is -0.453 e. The highest BCUT2D eigenvalue weighted by Crippen LogP contribution is 2.31. The molecule has 0 radical (unpaired) electrons. The summed E-state index contributed by atoms with van der Waals surface area (Å²) in [5.74, 6) is 0.646. The Labute approximate surface area is 199 Å². The number of guanidine groups is 1. The number of hydrogen-bond donors (Lipinski definition) is 2. The molecular formula is C21H32F3IN4O2. The third kappa shape index (κ3) is 8.74. The molecule has 1 heterocycles. The zero-order valence-electron chi connectivity index (χ0n) is 18.2. The first-order chi connectivity index (χ1) is 14.2. The van der Waals surface area contributed by atoms with Crippen LogP contribution in [0.15, 0.2) is 29.3 Å². The van der Waals surface area contributed by atoms with Gasteiger partial charge in [-0.1, -0.05) is 25.1 Å². The van der Waals surface area contributed by atoms with Gasteiger partial charge in [-0.05, 0) is 43.7 Å². The second kappa shape index (κ2) is 13.0. The van der Waals surface area contributed by atoms with Crippen LogP contribution in [0, 0.1) is 0 Å². The van der Waals surface area contributed by atoms with Gasteiger partial charge in [0.25, 0.3) is 0 Å². The first-order valence-corrected chi connectivity index (χ1v) is 10.3. The molecule has 0 aliphatic carbocycles. The molecule has 2 N–H and O–H groups in total. The molecule has 1 aromatic carbocycles. The predicted molar refractivity (Wildman–Crippen MR) is 126 cm³/mol. The lowest BCUT2D eigenvalue weighted by atomic mass is 9.96. The Morgan fingerprint density at radius 3 is 2.58 bits per heavy atom. The van der Waals surface area contributed by atoms with Gasteiger partial charge < -0.3 is 20.3 Å². The van der Waals surface area contributed by atoms with Gasteiger partial charge in [0, 0.05) is 32.2 Å². The molecule has 6 nitrogen and oxygen atoms in total. The first-order valence-electron chi connectivity index (χ1n) is 10.3. The number of methoxy groups -OCH3 is 1. The van der Waals surface area contributed by atoms with Crippen LogP contribution in [0.5, 0.6) is 0 Å². The van der Waals surface area contributed by atoms with E-state index in [-0.39, 0.29) is 42.0 Å². The molecule has 0 aromatic heterocycles. The number of carbonyl (C=O) groups is 1. The van der Waals surface area contributed by atoms with Crippen molar-refractivity contribution >= 4 is 36.0 Å². The predicted octanol–water partition coefficient (Wildman–Crippen LogP) is 4.60. The molecule has 1 atom stereocenters. The molecule has 1 fully saturated rings. The molecule has 1 aliphatic heterocycles. The van der Waals surface area contributed by atoms with Crippen molar-refractivity contribution in [3.8, 4) is 0 Å². The zero-order valence-corrected chi connectivity index (χ0v) is 20.5. The van der Waals surface area contributed by atoms with E-state index in [0.29, 0.717) is 44.1 Å². The minimum absolute atomic E-state index is 0. The average molecular weight is 556 g/mol. The summed E-state index contributed by atoms with van der Waals surface area (Å²) in [6, 6.07) is 5.68. The zero-order chi connectivity index (χ0) is 22.1. The maximum absolute atomic E-state index is 12.9. The number of aliphatic imine (C=N–C) groups is 1. The molecule has 0 saturated carbocycles. The molecule has 1 unspecified atom stereocenters. The highest BCUT2D eigenvalue weighted by atomic mass is 127. The summed E-state index contributed by atoms with van der Waals surface area (Å²) >= 11 is 0. The van der Waals surface area contributed by atoms with Crippen molar-refractivity contribution in [1.29, 1.82) is 0 Å². The summed E-state index contributed by atoms with van der Waals surface area (Å²) in [5.41, 5.74) is 0.0387. The van der Waals surface area contributed by atoms with Crippen LogP contribution in [0.3, 0.4) is 0 Å². The second-order valence-electron chi connectivity index (χ2n) is 7.45. The van der Waals surface area contributed by atoms with Crippen LogP contribution in [0.1, 0.15) is 50.2 Å². The van der Waals surface area contributed by atoms with Crippen LogP contribution < -0.4 is 10.6 Å². The molecule has 1 amide bonds. The highest BCUT2D eigenvalue weighted by Gasteiger charge is 2.30. The fraction of sp³-hybridized carbons (Fsp3) is 0.619. The highest BCUT2D eigenvalue weighted by molar-refractivity contribution is 14.0. The van der Waals surface area contributed by atoms with Crippen LogP contribution in [-0.2, 0) is 10.9 Å². The van der Waals surface area contributed by atoms with Gasteiger partial charge in [-0.2, -0.15) is 13.2 Å². The lowest BCUT2D eigenvalue weighted by molar-refractivity contribution is -0.137. The molecule has 10 heteroatoms. The molecule has 1 aromatic rings. The SMILES string of the molecule is CCNC(=NCCC(C)c1cccc(C(F)(F)F)c1)NC1CCN(C(=O)OC)CC1.I. The second-order valence-corrected chi connectivity index (χ2v) is 7.45. The maximum atomic E-state index is 12.9. The van der Waals surface area contributed by atoms with E-state index >= 15 is 0 Å². The van der Waals surface area contributed by atoms with Crippen molar-refractivity contribution in [2.45, 2.75) is 51.2 Å². The minimum atomic E-state index is -4.33. The monoisotopic (exact) mass is 556 g/mol. The molecule has 0 spiro atoms. The van der Waals surface area contributed by atoms with Crippen LogP contribution in [0.2, 0.25) is 0 Å². The van der Waals surface area contributed by atoms with Gasteiger partial charge in [0.05, 0.1) is 12.7 Å². The van der Waals surface area contributed by atoms with Crippen LogP contribution in [0.4, 0.5) is 18.0 Å². The smallest absolute Gasteiger partial charge is 0.416 e. The van der Waals surface area contributed by atoms with Gasteiger partial charge in [0.15, 0.2) is 5.96 Å². The number of nitrogens with zero attached hydrogens (tertiary/aromatic N) is 2. The molecule has 0 bridgehead atoms. The van der Waals surface area contributed by atoms with Gasteiger partial charge in [-0.3, -0.25) is 4.99 Å². The summed E-state index contributed by atoms with van der Waals surface area (Å²) in [5, 5.41) is 6.59. The number of hydrogen-bond acceptors (Lipinski definition) is 3. The van der Waals surface area contributed by atoms with Crippen molar-refractivity contribution in [2.24, 2.45) is 4.99 Å². The third-order valence-electron chi connectivity index (χ3n) is 5.23. The van der Waals surface area contributed by atoms with Gasteiger partial charge in [0.1, 0.15) is 0 Å². The number of ether oxygens (including phenoxy) is 1. The normalized spacial score (nSPS) is 16.3. The number of benzene rings is 1. The molecule has 31 heavy (non-hydrogen) atoms. The van der Waals surface area contributed by atoms with Gasteiger partial charge in [-0.25, -0.2) is 4.79 Å². The van der Waals surface area contributed by atoms with Crippen LogP contribution in [-0.4, -0.2) is 56.3 Å². The van der Waals surface area contributed by atoms with Crippen molar-refractivity contribution in [3.63, 3.8) is 0 Å². The summed E-state index contributed by atoms with van der Waals surface area (Å²) in [6.07, 6.45) is -2.42. The summed E-state index contributed by atoms with van der Waals surface area (Å²) < 4.78 is 43.5. The van der Waals surface area contributed by atoms with E-state index < -0.39 is 11.7 Å². The molecule has 1 saturated heterocycles. The molecule has 176 valence electrons. The van der Waals surface area contributed by atoms with Gasteiger partial charge >= 0.3 is 12.3 Å². The van der Waals surface area contributed by atoms with E-state index in [1.165, 1.54) is 19.2 Å². The number of carbonyl (C=O) groups excluding carboxylic acids is 1. The molecule has 1 aliphatic rings. The number of alkyl halides is 3. The number of rotatable bonds is 6. The van der Waals surface area contributed by atoms with Crippen molar-refractivity contribution in [1.82, 2.24) is 15.5 Å². The number of likely N-dealkylation sites (tertiary alicyclic amines) is 1. The van der Waals surface area contributed by atoms with E-state index in [2.05, 4.69) is 15.6 Å². The largest absolute Gasteiger partial charge is 0.453 e. The van der Waals surface area contributed by atoms with Gasteiger partial charge in [-0.15, -0.1) is 24.0 Å². The summed E-state index contributed by atoms with van der Waals surface area (Å²) in [6.45, 7) is 6.33. The Hall–Kier alpha value is -1.72.